The van der Waals surface area contributed by atoms with Gasteiger partial charge in [0.2, 0.25) is 0 Å². The summed E-state index contributed by atoms with van der Waals surface area (Å²) >= 11 is 0. The molecule has 32 heavy (non-hydrogen) atoms. The first kappa shape index (κ1) is 25.8. The normalized spacial score (nSPS) is 13.4. The van der Waals surface area contributed by atoms with E-state index in [2.05, 4.69) is 33.9 Å². The van der Waals surface area contributed by atoms with Crippen LogP contribution in [0.15, 0.2) is 59.5 Å². The molecule has 0 radical (unpaired) electrons. The smallest absolute Gasteiger partial charge is 0.450 e. The molecule has 0 spiro atoms. The third kappa shape index (κ3) is 6.79. The maximum Gasteiger partial charge on any atom is 0.506 e. The summed E-state index contributed by atoms with van der Waals surface area (Å²) in [5.41, 5.74) is 3.01. The van der Waals surface area contributed by atoms with Crippen molar-refractivity contribution in [3.63, 3.8) is 0 Å². The Hall–Kier alpha value is -2.42. The number of ether oxygens (including phenoxy) is 1. The van der Waals surface area contributed by atoms with Gasteiger partial charge in [-0.2, -0.15) is 0 Å². The summed E-state index contributed by atoms with van der Waals surface area (Å²) in [5, 5.41) is 9.13. The van der Waals surface area contributed by atoms with Crippen molar-refractivity contribution in [3.8, 4) is 0 Å². The van der Waals surface area contributed by atoms with E-state index in [0.29, 0.717) is 11.1 Å². The Morgan fingerprint density at radius 1 is 0.906 bits per heavy atom. The number of carbonyl (C=O) groups is 1. The molecule has 2 aromatic carbocycles. The van der Waals surface area contributed by atoms with Gasteiger partial charge >= 0.3 is 6.16 Å². The van der Waals surface area contributed by atoms with Gasteiger partial charge in [-0.1, -0.05) is 63.2 Å². The van der Waals surface area contributed by atoms with E-state index in [1.807, 2.05) is 30.3 Å². The van der Waals surface area contributed by atoms with Gasteiger partial charge in [0, 0.05) is 11.8 Å². The van der Waals surface area contributed by atoms with E-state index in [-0.39, 0.29) is 23.1 Å². The van der Waals surface area contributed by atoms with Crippen molar-refractivity contribution in [2.45, 2.75) is 43.8 Å². The van der Waals surface area contributed by atoms with E-state index in [1.54, 1.807) is 12.1 Å². The molecule has 0 bridgehead atoms. The van der Waals surface area contributed by atoms with E-state index in [9.17, 15) is 13.2 Å². The Kier molecular flexibility index (Phi) is 8.09. The molecule has 0 aromatic heterocycles. The lowest BCUT2D eigenvalue weighted by molar-refractivity contribution is 0.103. The van der Waals surface area contributed by atoms with Crippen LogP contribution in [-0.4, -0.2) is 47.5 Å². The van der Waals surface area contributed by atoms with Gasteiger partial charge in [0.1, 0.15) is 6.61 Å². The average molecular weight is 477 g/mol. The first-order valence-electron chi connectivity index (χ1n) is 10.3. The number of rotatable bonds is 8. The number of hydrogen-bond acceptors (Lipinski definition) is 5. The fraction of sp³-hybridized carbons (Fsp3) is 0.375. The average Bonchev–Trinajstić information content (AvgIpc) is 2.69. The highest BCUT2D eigenvalue weighted by atomic mass is 32.2. The lowest BCUT2D eigenvalue weighted by atomic mass is 9.95. The highest BCUT2D eigenvalue weighted by molar-refractivity contribution is 7.90. The topological polar surface area (TPSA) is 89.9 Å². The zero-order valence-electron chi connectivity index (χ0n) is 19.5. The van der Waals surface area contributed by atoms with Crippen molar-refractivity contribution < 1.29 is 27.5 Å². The van der Waals surface area contributed by atoms with Gasteiger partial charge < -0.3 is 14.3 Å². The van der Waals surface area contributed by atoms with Crippen LogP contribution in [0.2, 0.25) is 18.1 Å². The van der Waals surface area contributed by atoms with Crippen LogP contribution in [0.4, 0.5) is 4.79 Å². The lowest BCUT2D eigenvalue weighted by Crippen LogP contribution is -2.41. The second-order valence-corrected chi connectivity index (χ2v) is 16.0. The predicted molar refractivity (Wildman–Crippen MR) is 130 cm³/mol. The Morgan fingerprint density at radius 2 is 1.41 bits per heavy atom. The van der Waals surface area contributed by atoms with E-state index in [4.69, 9.17) is 14.3 Å². The maximum atomic E-state index is 11.9. The van der Waals surface area contributed by atoms with Crippen LogP contribution in [-0.2, 0) is 19.0 Å². The molecule has 0 unspecified atom stereocenters. The van der Waals surface area contributed by atoms with Gasteiger partial charge in [-0.3, -0.25) is 0 Å². The molecule has 0 saturated heterocycles. The van der Waals surface area contributed by atoms with Crippen molar-refractivity contribution >= 4 is 35.5 Å². The Labute approximate surface area is 191 Å². The Bertz CT molecular complexity index is 1070. The standard InChI is InChI=1S/C24H32O6SSi/c1-24(2,3)32(5,6)30-17-22(18-10-8-7-9-11-18)21(16-29-23(25)26)19-12-14-20(15-13-19)31(4,27)28/h7-15H,16-17H2,1-6H3,(H,25,26)/b22-21-. The number of carboxylic acid groups (broad SMARTS) is 1. The second-order valence-electron chi connectivity index (χ2n) is 9.22. The molecular weight excluding hydrogens is 444 g/mol. The van der Waals surface area contributed by atoms with Crippen LogP contribution in [0.5, 0.6) is 0 Å². The van der Waals surface area contributed by atoms with Gasteiger partial charge in [0.25, 0.3) is 0 Å². The highest BCUT2D eigenvalue weighted by Gasteiger charge is 2.37. The molecule has 0 aliphatic heterocycles. The summed E-state index contributed by atoms with van der Waals surface area (Å²) in [6, 6.07) is 16.0. The Balaban J connectivity index is 2.63. The van der Waals surface area contributed by atoms with Gasteiger partial charge in [-0.25, -0.2) is 13.2 Å². The first-order chi connectivity index (χ1) is 14.7. The van der Waals surface area contributed by atoms with Gasteiger partial charge in [0.05, 0.1) is 11.5 Å². The quantitative estimate of drug-likeness (QED) is 0.298. The van der Waals surface area contributed by atoms with Crippen molar-refractivity contribution in [1.82, 2.24) is 0 Å². The van der Waals surface area contributed by atoms with E-state index in [0.717, 1.165) is 17.4 Å². The second kappa shape index (κ2) is 10.0. The monoisotopic (exact) mass is 476 g/mol. The molecule has 174 valence electrons. The SMILES string of the molecule is CC(C)(C)[Si](C)(C)OC/C(=C(\COC(=O)O)c1ccc(S(C)(=O)=O)cc1)c1ccccc1. The van der Waals surface area contributed by atoms with Crippen molar-refractivity contribution in [1.29, 1.82) is 0 Å². The zero-order chi connectivity index (χ0) is 24.2. The van der Waals surface area contributed by atoms with Crippen molar-refractivity contribution in [3.05, 3.63) is 65.7 Å². The third-order valence-electron chi connectivity index (χ3n) is 5.84. The van der Waals surface area contributed by atoms with Gasteiger partial charge in [-0.05, 0) is 47.0 Å². The largest absolute Gasteiger partial charge is 0.506 e. The number of hydrogen-bond donors (Lipinski definition) is 1. The fourth-order valence-corrected chi connectivity index (χ4v) is 4.40. The molecule has 0 heterocycles. The third-order valence-corrected chi connectivity index (χ3v) is 11.4. The maximum absolute atomic E-state index is 11.9. The summed E-state index contributed by atoms with van der Waals surface area (Å²) < 4.78 is 35.2. The van der Waals surface area contributed by atoms with Crippen LogP contribution in [0.1, 0.15) is 31.9 Å². The fourth-order valence-electron chi connectivity index (χ4n) is 2.84. The van der Waals surface area contributed by atoms with Crippen LogP contribution in [0.3, 0.4) is 0 Å². The van der Waals surface area contributed by atoms with Gasteiger partial charge in [0.15, 0.2) is 18.2 Å². The van der Waals surface area contributed by atoms with Crippen LogP contribution in [0.25, 0.3) is 11.1 Å². The summed E-state index contributed by atoms with van der Waals surface area (Å²) in [6.45, 7) is 10.9. The zero-order valence-corrected chi connectivity index (χ0v) is 21.3. The molecule has 2 aromatic rings. The highest BCUT2D eigenvalue weighted by Crippen LogP contribution is 2.38. The summed E-state index contributed by atoms with van der Waals surface area (Å²) in [5.74, 6) is 0. The van der Waals surface area contributed by atoms with Crippen molar-refractivity contribution in [2.75, 3.05) is 19.5 Å². The van der Waals surface area contributed by atoms with Crippen molar-refractivity contribution in [2.24, 2.45) is 0 Å². The molecule has 0 aliphatic rings. The minimum atomic E-state index is -3.35. The minimum absolute atomic E-state index is 0.00363. The van der Waals surface area contributed by atoms with Crippen LogP contribution < -0.4 is 0 Å². The molecule has 8 heteroatoms. The van der Waals surface area contributed by atoms with E-state index >= 15 is 0 Å². The molecule has 0 fully saturated rings. The summed E-state index contributed by atoms with van der Waals surface area (Å²) in [4.78, 5) is 11.4. The minimum Gasteiger partial charge on any atom is -0.450 e. The summed E-state index contributed by atoms with van der Waals surface area (Å²) in [7, 11) is -5.45. The van der Waals surface area contributed by atoms with E-state index < -0.39 is 24.3 Å². The van der Waals surface area contributed by atoms with Gasteiger partial charge in [-0.15, -0.1) is 0 Å². The molecule has 6 nitrogen and oxygen atoms in total. The number of sulfone groups is 1. The number of benzene rings is 2. The molecule has 0 aliphatic carbocycles. The first-order valence-corrected chi connectivity index (χ1v) is 15.1. The van der Waals surface area contributed by atoms with E-state index in [1.165, 1.54) is 12.1 Å². The van der Waals surface area contributed by atoms with Crippen LogP contribution in [0, 0.1) is 0 Å². The lowest BCUT2D eigenvalue weighted by Gasteiger charge is -2.36. The Morgan fingerprint density at radius 3 is 1.88 bits per heavy atom. The molecule has 2 rings (SSSR count). The predicted octanol–water partition coefficient (Wildman–Crippen LogP) is 5.72. The molecule has 0 amide bonds. The molecule has 0 atom stereocenters. The molecule has 1 N–H and O–H groups in total. The van der Waals surface area contributed by atoms with Crippen LogP contribution >= 0.6 is 0 Å². The summed E-state index contributed by atoms with van der Waals surface area (Å²) in [6.07, 6.45) is -0.234. The molecule has 0 saturated carbocycles. The molecular formula is C24H32O6SSi.